The first kappa shape index (κ1) is 19.6. The molecule has 0 aliphatic rings. The summed E-state index contributed by atoms with van der Waals surface area (Å²) in [5, 5.41) is 2.98. The fourth-order valence-electron chi connectivity index (χ4n) is 3.01. The van der Waals surface area contributed by atoms with Gasteiger partial charge in [0.15, 0.2) is 5.69 Å². The minimum absolute atomic E-state index is 0.0238. The van der Waals surface area contributed by atoms with Crippen LogP contribution >= 0.6 is 0 Å². The van der Waals surface area contributed by atoms with Gasteiger partial charge < -0.3 is 19.4 Å². The molecule has 6 heteroatoms. The zero-order chi connectivity index (χ0) is 20.1. The Balaban J connectivity index is 1.72. The number of oxazole rings is 1. The summed E-state index contributed by atoms with van der Waals surface area (Å²) < 4.78 is 10.9. The number of carbonyl (C=O) groups excluding carboxylic acids is 1. The molecule has 0 radical (unpaired) electrons. The molecule has 0 saturated heterocycles. The van der Waals surface area contributed by atoms with Gasteiger partial charge in [-0.2, -0.15) is 0 Å². The topological polar surface area (TPSA) is 67.6 Å². The number of nitrogens with zero attached hydrogens (tertiary/aromatic N) is 2. The highest BCUT2D eigenvalue weighted by Gasteiger charge is 2.20. The second-order valence-corrected chi connectivity index (χ2v) is 6.75. The fraction of sp³-hybridized carbons (Fsp3) is 0.273. The molecule has 0 saturated carbocycles. The second-order valence-electron chi connectivity index (χ2n) is 6.75. The van der Waals surface area contributed by atoms with Crippen LogP contribution in [0.3, 0.4) is 0 Å². The first-order chi connectivity index (χ1) is 13.5. The molecule has 1 aromatic heterocycles. The lowest BCUT2D eigenvalue weighted by Gasteiger charge is -2.25. The van der Waals surface area contributed by atoms with E-state index in [1.807, 2.05) is 68.7 Å². The molecule has 6 nitrogen and oxygen atoms in total. The summed E-state index contributed by atoms with van der Waals surface area (Å²) in [4.78, 5) is 19.1. The number of methoxy groups -OCH3 is 1. The number of aromatic nitrogens is 1. The van der Waals surface area contributed by atoms with Crippen LogP contribution in [-0.4, -0.2) is 43.5 Å². The molecular weight excluding hydrogens is 354 g/mol. The summed E-state index contributed by atoms with van der Waals surface area (Å²) in [7, 11) is 5.61. The largest absolute Gasteiger partial charge is 0.497 e. The van der Waals surface area contributed by atoms with Crippen molar-refractivity contribution in [1.82, 2.24) is 15.2 Å². The van der Waals surface area contributed by atoms with Crippen molar-refractivity contribution in [2.75, 3.05) is 27.7 Å². The van der Waals surface area contributed by atoms with Gasteiger partial charge in [-0.25, -0.2) is 4.98 Å². The Morgan fingerprint density at radius 2 is 1.82 bits per heavy atom. The van der Waals surface area contributed by atoms with Crippen LogP contribution in [0.1, 0.15) is 27.9 Å². The Labute approximate surface area is 165 Å². The summed E-state index contributed by atoms with van der Waals surface area (Å²) in [6.07, 6.45) is 0. The Morgan fingerprint density at radius 1 is 1.14 bits per heavy atom. The lowest BCUT2D eigenvalue weighted by atomic mass is 10.1. The number of amides is 1. The first-order valence-electron chi connectivity index (χ1n) is 9.11. The quantitative estimate of drug-likeness (QED) is 0.678. The van der Waals surface area contributed by atoms with Gasteiger partial charge in [0.1, 0.15) is 11.5 Å². The van der Waals surface area contributed by atoms with Crippen LogP contribution in [0, 0.1) is 6.92 Å². The third kappa shape index (κ3) is 4.40. The molecule has 1 amide bonds. The third-order valence-corrected chi connectivity index (χ3v) is 4.61. The van der Waals surface area contributed by atoms with E-state index in [1.165, 1.54) is 0 Å². The van der Waals surface area contributed by atoms with Crippen molar-refractivity contribution in [1.29, 1.82) is 0 Å². The highest BCUT2D eigenvalue weighted by Crippen LogP contribution is 2.23. The molecule has 1 heterocycles. The van der Waals surface area contributed by atoms with Crippen molar-refractivity contribution in [3.63, 3.8) is 0 Å². The van der Waals surface area contributed by atoms with Gasteiger partial charge in [-0.05, 0) is 50.8 Å². The van der Waals surface area contributed by atoms with Crippen LogP contribution < -0.4 is 10.1 Å². The van der Waals surface area contributed by atoms with E-state index in [1.54, 1.807) is 14.0 Å². The van der Waals surface area contributed by atoms with Crippen LogP contribution in [0.4, 0.5) is 0 Å². The predicted molar refractivity (Wildman–Crippen MR) is 108 cm³/mol. The monoisotopic (exact) mass is 379 g/mol. The molecule has 0 aliphatic heterocycles. The lowest BCUT2D eigenvalue weighted by Crippen LogP contribution is -2.35. The average molecular weight is 379 g/mol. The summed E-state index contributed by atoms with van der Waals surface area (Å²) in [5.74, 6) is 1.51. The van der Waals surface area contributed by atoms with Crippen molar-refractivity contribution in [2.45, 2.75) is 13.0 Å². The van der Waals surface area contributed by atoms with Gasteiger partial charge in [0.05, 0.1) is 13.2 Å². The zero-order valence-corrected chi connectivity index (χ0v) is 16.6. The van der Waals surface area contributed by atoms with Gasteiger partial charge in [-0.1, -0.05) is 30.3 Å². The molecule has 3 aromatic rings. The number of benzene rings is 2. The number of likely N-dealkylation sites (N-methyl/N-ethyl adjacent to an activating group) is 1. The SMILES string of the molecule is COc1ccc(C(CNC(=O)c2nc(-c3ccccc3)oc2C)N(C)C)cc1. The number of ether oxygens (including phenoxy) is 1. The van der Waals surface area contributed by atoms with E-state index in [0.29, 0.717) is 23.9 Å². The second kappa shape index (κ2) is 8.71. The minimum atomic E-state index is -0.246. The smallest absolute Gasteiger partial charge is 0.273 e. The van der Waals surface area contributed by atoms with E-state index in [0.717, 1.165) is 16.9 Å². The van der Waals surface area contributed by atoms with Crippen LogP contribution in [0.25, 0.3) is 11.5 Å². The molecule has 0 bridgehead atoms. The van der Waals surface area contributed by atoms with Crippen LogP contribution in [0.15, 0.2) is 59.0 Å². The number of nitrogens with one attached hydrogen (secondary N) is 1. The van der Waals surface area contributed by atoms with Crippen molar-refractivity contribution in [3.8, 4) is 17.2 Å². The molecule has 1 unspecified atom stereocenters. The van der Waals surface area contributed by atoms with Crippen molar-refractivity contribution in [2.24, 2.45) is 0 Å². The maximum absolute atomic E-state index is 12.7. The standard InChI is InChI=1S/C22H25N3O3/c1-15-20(24-22(28-15)17-8-6-5-7-9-17)21(26)23-14-19(25(2)3)16-10-12-18(27-4)13-11-16/h5-13,19H,14H2,1-4H3,(H,23,26). The van der Waals surface area contributed by atoms with E-state index in [4.69, 9.17) is 9.15 Å². The number of rotatable bonds is 7. The molecule has 146 valence electrons. The molecule has 0 fully saturated rings. The number of carbonyl (C=O) groups is 1. The van der Waals surface area contributed by atoms with E-state index in [9.17, 15) is 4.79 Å². The van der Waals surface area contributed by atoms with Crippen LogP contribution in [0.2, 0.25) is 0 Å². The van der Waals surface area contributed by atoms with Gasteiger partial charge in [-0.15, -0.1) is 0 Å². The molecule has 28 heavy (non-hydrogen) atoms. The first-order valence-corrected chi connectivity index (χ1v) is 9.11. The molecule has 3 rings (SSSR count). The molecule has 1 atom stereocenters. The fourth-order valence-corrected chi connectivity index (χ4v) is 3.01. The van der Waals surface area contributed by atoms with Gasteiger partial charge in [0.2, 0.25) is 5.89 Å². The van der Waals surface area contributed by atoms with Gasteiger partial charge in [0, 0.05) is 12.1 Å². The number of hydrogen-bond donors (Lipinski definition) is 1. The lowest BCUT2D eigenvalue weighted by molar-refractivity contribution is 0.0936. The predicted octanol–water partition coefficient (Wildman–Crippen LogP) is 3.69. The Kier molecular flexibility index (Phi) is 6.11. The van der Waals surface area contributed by atoms with Gasteiger partial charge in [-0.3, -0.25) is 4.79 Å². The summed E-state index contributed by atoms with van der Waals surface area (Å²) >= 11 is 0. The third-order valence-electron chi connectivity index (χ3n) is 4.61. The van der Waals surface area contributed by atoms with Crippen molar-refractivity contribution < 1.29 is 13.9 Å². The van der Waals surface area contributed by atoms with E-state index < -0.39 is 0 Å². The highest BCUT2D eigenvalue weighted by atomic mass is 16.5. The highest BCUT2D eigenvalue weighted by molar-refractivity contribution is 5.93. The van der Waals surface area contributed by atoms with Gasteiger partial charge >= 0.3 is 0 Å². The maximum Gasteiger partial charge on any atom is 0.273 e. The minimum Gasteiger partial charge on any atom is -0.497 e. The molecule has 0 spiro atoms. The molecule has 0 aliphatic carbocycles. The molecule has 2 aromatic carbocycles. The van der Waals surface area contributed by atoms with Crippen LogP contribution in [-0.2, 0) is 0 Å². The molecule has 1 N–H and O–H groups in total. The van der Waals surface area contributed by atoms with E-state index >= 15 is 0 Å². The maximum atomic E-state index is 12.7. The Hall–Kier alpha value is -3.12. The number of hydrogen-bond acceptors (Lipinski definition) is 5. The Morgan fingerprint density at radius 3 is 2.43 bits per heavy atom. The van der Waals surface area contributed by atoms with E-state index in [-0.39, 0.29) is 11.9 Å². The molecular formula is C22H25N3O3. The zero-order valence-electron chi connectivity index (χ0n) is 16.6. The van der Waals surface area contributed by atoms with E-state index in [2.05, 4.69) is 15.2 Å². The Bertz CT molecular complexity index is 918. The summed E-state index contributed by atoms with van der Waals surface area (Å²) in [6, 6.07) is 17.4. The van der Waals surface area contributed by atoms with Crippen molar-refractivity contribution >= 4 is 5.91 Å². The summed E-state index contributed by atoms with van der Waals surface area (Å²) in [6.45, 7) is 2.20. The average Bonchev–Trinajstić information content (AvgIpc) is 3.10. The normalized spacial score (nSPS) is 12.0. The van der Waals surface area contributed by atoms with Crippen molar-refractivity contribution in [3.05, 3.63) is 71.6 Å². The van der Waals surface area contributed by atoms with Gasteiger partial charge in [0.25, 0.3) is 5.91 Å². The van der Waals surface area contributed by atoms with Crippen LogP contribution in [0.5, 0.6) is 5.75 Å². The summed E-state index contributed by atoms with van der Waals surface area (Å²) in [5.41, 5.74) is 2.24. The number of aryl methyl sites for hydroxylation is 1.